The molecule has 0 saturated heterocycles. The van der Waals surface area contributed by atoms with Gasteiger partial charge in [0, 0.05) is 37.7 Å². The lowest BCUT2D eigenvalue weighted by atomic mass is 10.1. The number of rotatable bonds is 8. The van der Waals surface area contributed by atoms with Crippen LogP contribution in [0.4, 0.5) is 5.69 Å². The van der Waals surface area contributed by atoms with Crippen LogP contribution in [0.15, 0.2) is 36.9 Å². The number of amides is 1. The molecular weight excluding hydrogens is 270 g/mol. The second kappa shape index (κ2) is 8.16. The van der Waals surface area contributed by atoms with Crippen molar-refractivity contribution >= 4 is 11.6 Å². The number of nitro benzene ring substituents is 1. The molecule has 1 amide bonds. The highest BCUT2D eigenvalue weighted by molar-refractivity contribution is 5.76. The molecule has 0 aliphatic rings. The summed E-state index contributed by atoms with van der Waals surface area (Å²) in [5.41, 5.74) is 6.40. The quantitative estimate of drug-likeness (QED) is 0.452. The van der Waals surface area contributed by atoms with Crippen molar-refractivity contribution in [1.82, 2.24) is 4.90 Å². The molecule has 0 saturated carbocycles. The van der Waals surface area contributed by atoms with Crippen LogP contribution < -0.4 is 5.73 Å². The van der Waals surface area contributed by atoms with E-state index in [2.05, 4.69) is 6.58 Å². The summed E-state index contributed by atoms with van der Waals surface area (Å²) in [5, 5.41) is 10.8. The summed E-state index contributed by atoms with van der Waals surface area (Å²) >= 11 is 0. The first kappa shape index (κ1) is 16.8. The predicted molar refractivity (Wildman–Crippen MR) is 81.6 cm³/mol. The Balaban J connectivity index is 2.77. The van der Waals surface area contributed by atoms with Crippen molar-refractivity contribution in [2.75, 3.05) is 6.54 Å². The molecule has 0 aliphatic carbocycles. The van der Waals surface area contributed by atoms with Gasteiger partial charge in [-0.15, -0.1) is 6.58 Å². The number of non-ortho nitro benzene ring substituents is 1. The molecule has 114 valence electrons. The Kier molecular flexibility index (Phi) is 6.55. The third kappa shape index (κ3) is 5.74. The van der Waals surface area contributed by atoms with Gasteiger partial charge < -0.3 is 10.6 Å². The molecule has 0 spiro atoms. The van der Waals surface area contributed by atoms with E-state index in [0.717, 1.165) is 5.56 Å². The molecule has 0 bridgehead atoms. The number of benzene rings is 1. The fourth-order valence-corrected chi connectivity index (χ4v) is 1.91. The Hall–Kier alpha value is -2.21. The van der Waals surface area contributed by atoms with Gasteiger partial charge in [0.25, 0.3) is 5.69 Å². The van der Waals surface area contributed by atoms with E-state index >= 15 is 0 Å². The SMILES string of the molecule is C=CCN(Cc1cccc([N+](=O)[O-])c1)C(=O)CCC(C)N. The number of hydrogen-bond acceptors (Lipinski definition) is 4. The van der Waals surface area contributed by atoms with E-state index in [4.69, 9.17) is 5.73 Å². The van der Waals surface area contributed by atoms with Crippen LogP contribution in [0.3, 0.4) is 0 Å². The lowest BCUT2D eigenvalue weighted by Gasteiger charge is -2.21. The molecule has 1 unspecified atom stereocenters. The molecule has 0 aromatic heterocycles. The van der Waals surface area contributed by atoms with Gasteiger partial charge in [0.05, 0.1) is 4.92 Å². The Bertz CT molecular complexity index is 515. The minimum absolute atomic E-state index is 0.0223. The minimum atomic E-state index is -0.445. The Morgan fingerprint density at radius 2 is 2.29 bits per heavy atom. The highest BCUT2D eigenvalue weighted by Gasteiger charge is 2.14. The van der Waals surface area contributed by atoms with E-state index in [9.17, 15) is 14.9 Å². The standard InChI is InChI=1S/C15H21N3O3/c1-3-9-17(15(19)8-7-12(2)16)11-13-5-4-6-14(10-13)18(20)21/h3-6,10,12H,1,7-9,11,16H2,2H3. The molecule has 2 N–H and O–H groups in total. The van der Waals surface area contributed by atoms with Crippen molar-refractivity contribution in [3.63, 3.8) is 0 Å². The van der Waals surface area contributed by atoms with Gasteiger partial charge in [0.15, 0.2) is 0 Å². The Morgan fingerprint density at radius 1 is 1.57 bits per heavy atom. The van der Waals surface area contributed by atoms with Crippen LogP contribution >= 0.6 is 0 Å². The number of nitrogens with zero attached hydrogens (tertiary/aromatic N) is 2. The van der Waals surface area contributed by atoms with E-state index in [1.807, 2.05) is 6.92 Å². The zero-order chi connectivity index (χ0) is 15.8. The lowest BCUT2D eigenvalue weighted by Crippen LogP contribution is -2.31. The summed E-state index contributed by atoms with van der Waals surface area (Å²) in [4.78, 5) is 24.1. The summed E-state index contributed by atoms with van der Waals surface area (Å²) in [5.74, 6) is -0.0290. The van der Waals surface area contributed by atoms with Gasteiger partial charge in [-0.05, 0) is 18.9 Å². The third-order valence-electron chi connectivity index (χ3n) is 3.01. The van der Waals surface area contributed by atoms with Crippen molar-refractivity contribution in [3.8, 4) is 0 Å². The lowest BCUT2D eigenvalue weighted by molar-refractivity contribution is -0.384. The van der Waals surface area contributed by atoms with Gasteiger partial charge in [-0.25, -0.2) is 0 Å². The highest BCUT2D eigenvalue weighted by atomic mass is 16.6. The van der Waals surface area contributed by atoms with Gasteiger partial charge in [-0.2, -0.15) is 0 Å². The molecule has 0 heterocycles. The Morgan fingerprint density at radius 3 is 2.86 bits per heavy atom. The zero-order valence-corrected chi connectivity index (χ0v) is 12.2. The van der Waals surface area contributed by atoms with Crippen LogP contribution in [0.1, 0.15) is 25.3 Å². The smallest absolute Gasteiger partial charge is 0.269 e. The molecule has 6 nitrogen and oxygen atoms in total. The fourth-order valence-electron chi connectivity index (χ4n) is 1.91. The van der Waals surface area contributed by atoms with Gasteiger partial charge in [-0.1, -0.05) is 18.2 Å². The zero-order valence-electron chi connectivity index (χ0n) is 12.2. The number of carbonyl (C=O) groups excluding carboxylic acids is 1. The predicted octanol–water partition coefficient (Wildman–Crippen LogP) is 2.24. The summed E-state index contributed by atoms with van der Waals surface area (Å²) in [6.45, 7) is 6.22. The molecule has 0 fully saturated rings. The summed E-state index contributed by atoms with van der Waals surface area (Å²) in [7, 11) is 0. The van der Waals surface area contributed by atoms with Gasteiger partial charge >= 0.3 is 0 Å². The molecule has 0 aliphatic heterocycles. The first-order chi connectivity index (χ1) is 9.93. The molecule has 1 aromatic carbocycles. The van der Waals surface area contributed by atoms with Gasteiger partial charge in [-0.3, -0.25) is 14.9 Å². The van der Waals surface area contributed by atoms with E-state index in [-0.39, 0.29) is 17.6 Å². The second-order valence-corrected chi connectivity index (χ2v) is 5.01. The van der Waals surface area contributed by atoms with E-state index in [1.165, 1.54) is 12.1 Å². The fraction of sp³-hybridized carbons (Fsp3) is 0.400. The second-order valence-electron chi connectivity index (χ2n) is 5.01. The van der Waals surface area contributed by atoms with Crippen LogP contribution in [-0.2, 0) is 11.3 Å². The number of nitro groups is 1. The highest BCUT2D eigenvalue weighted by Crippen LogP contribution is 2.15. The van der Waals surface area contributed by atoms with Crippen LogP contribution in [0.2, 0.25) is 0 Å². The van der Waals surface area contributed by atoms with E-state index < -0.39 is 4.92 Å². The van der Waals surface area contributed by atoms with Crippen LogP contribution in [0.5, 0.6) is 0 Å². The minimum Gasteiger partial charge on any atom is -0.335 e. The largest absolute Gasteiger partial charge is 0.335 e. The summed E-state index contributed by atoms with van der Waals surface area (Å²) in [6, 6.07) is 6.26. The monoisotopic (exact) mass is 291 g/mol. The first-order valence-corrected chi connectivity index (χ1v) is 6.81. The Labute approximate surface area is 124 Å². The molecule has 6 heteroatoms. The molecular formula is C15H21N3O3. The first-order valence-electron chi connectivity index (χ1n) is 6.81. The molecule has 21 heavy (non-hydrogen) atoms. The van der Waals surface area contributed by atoms with E-state index in [0.29, 0.717) is 25.9 Å². The van der Waals surface area contributed by atoms with Crippen molar-refractivity contribution < 1.29 is 9.72 Å². The number of nitrogens with two attached hydrogens (primary N) is 1. The van der Waals surface area contributed by atoms with Crippen molar-refractivity contribution in [2.24, 2.45) is 5.73 Å². The third-order valence-corrected chi connectivity index (χ3v) is 3.01. The number of carbonyl (C=O) groups is 1. The topological polar surface area (TPSA) is 89.5 Å². The average molecular weight is 291 g/mol. The van der Waals surface area contributed by atoms with Crippen molar-refractivity contribution in [1.29, 1.82) is 0 Å². The maximum atomic E-state index is 12.1. The van der Waals surface area contributed by atoms with E-state index in [1.54, 1.807) is 23.1 Å². The molecule has 1 rings (SSSR count). The normalized spacial score (nSPS) is 11.7. The van der Waals surface area contributed by atoms with Gasteiger partial charge in [0.1, 0.15) is 0 Å². The van der Waals surface area contributed by atoms with Crippen molar-refractivity contribution in [3.05, 3.63) is 52.6 Å². The summed E-state index contributed by atoms with van der Waals surface area (Å²) < 4.78 is 0. The van der Waals surface area contributed by atoms with Crippen molar-refractivity contribution in [2.45, 2.75) is 32.4 Å². The summed E-state index contributed by atoms with van der Waals surface area (Å²) in [6.07, 6.45) is 2.61. The maximum Gasteiger partial charge on any atom is 0.269 e. The molecule has 1 atom stereocenters. The number of hydrogen-bond donors (Lipinski definition) is 1. The molecule has 1 aromatic rings. The maximum absolute atomic E-state index is 12.1. The van der Waals surface area contributed by atoms with Crippen LogP contribution in [-0.4, -0.2) is 28.3 Å². The van der Waals surface area contributed by atoms with Crippen LogP contribution in [0, 0.1) is 10.1 Å². The van der Waals surface area contributed by atoms with Gasteiger partial charge in [0.2, 0.25) is 5.91 Å². The van der Waals surface area contributed by atoms with Crippen LogP contribution in [0.25, 0.3) is 0 Å². The molecule has 0 radical (unpaired) electrons. The average Bonchev–Trinajstić information content (AvgIpc) is 2.44.